The summed E-state index contributed by atoms with van der Waals surface area (Å²) in [5, 5.41) is 10.6. The first kappa shape index (κ1) is 18.0. The summed E-state index contributed by atoms with van der Waals surface area (Å²) in [6, 6.07) is 14.8. The molecule has 0 fully saturated rings. The number of carbonyl (C=O) groups excluding carboxylic acids is 1. The highest BCUT2D eigenvalue weighted by Gasteiger charge is 2.12. The number of carbonyl (C=O) groups is 1. The smallest absolute Gasteiger partial charge is 0.341 e. The molecule has 0 saturated carbocycles. The Labute approximate surface area is 144 Å². The maximum atomic E-state index is 11.8. The number of methoxy groups -OCH3 is 1. The van der Waals surface area contributed by atoms with E-state index in [-0.39, 0.29) is 18.9 Å². The summed E-state index contributed by atoms with van der Waals surface area (Å²) in [5.74, 6) is -0.00285. The van der Waals surface area contributed by atoms with Crippen LogP contribution in [-0.4, -0.2) is 31.2 Å². The molecule has 0 atom stereocenters. The fraction of sp³-hybridized carbons (Fsp3) is 0.167. The highest BCUT2D eigenvalue weighted by Crippen LogP contribution is 2.18. The number of rotatable bonds is 8. The number of nitro groups is 1. The zero-order chi connectivity index (χ0) is 18.1. The van der Waals surface area contributed by atoms with Gasteiger partial charge in [-0.05, 0) is 17.7 Å². The monoisotopic (exact) mass is 343 g/mol. The van der Waals surface area contributed by atoms with E-state index in [1.165, 1.54) is 37.6 Å². The first-order chi connectivity index (χ1) is 12.1. The van der Waals surface area contributed by atoms with Crippen LogP contribution >= 0.6 is 0 Å². The summed E-state index contributed by atoms with van der Waals surface area (Å²) >= 11 is 0. The van der Waals surface area contributed by atoms with Crippen molar-refractivity contribution in [2.45, 2.75) is 0 Å². The van der Waals surface area contributed by atoms with Crippen molar-refractivity contribution >= 4 is 17.2 Å². The maximum Gasteiger partial charge on any atom is 0.341 e. The molecule has 7 heteroatoms. The van der Waals surface area contributed by atoms with E-state index in [1.54, 1.807) is 12.1 Å². The normalized spacial score (nSPS) is 10.8. The van der Waals surface area contributed by atoms with Gasteiger partial charge in [-0.1, -0.05) is 30.3 Å². The number of esters is 1. The number of non-ortho nitro benzene ring substituents is 1. The summed E-state index contributed by atoms with van der Waals surface area (Å²) in [7, 11) is 1.30. The van der Waals surface area contributed by atoms with Crippen molar-refractivity contribution in [3.8, 4) is 5.75 Å². The second-order valence-electron chi connectivity index (χ2n) is 4.86. The molecular formula is C18H17NO6. The Kier molecular flexibility index (Phi) is 6.53. The molecule has 0 heterocycles. The van der Waals surface area contributed by atoms with Crippen molar-refractivity contribution in [3.05, 3.63) is 76.5 Å². The minimum Gasteiger partial charge on any atom is -0.497 e. The third-order valence-corrected chi connectivity index (χ3v) is 3.21. The molecule has 0 aliphatic heterocycles. The van der Waals surface area contributed by atoms with Gasteiger partial charge in [0.1, 0.15) is 24.5 Å². The summed E-state index contributed by atoms with van der Waals surface area (Å²) < 4.78 is 15.5. The van der Waals surface area contributed by atoms with Crippen LogP contribution in [0.2, 0.25) is 0 Å². The minimum atomic E-state index is -0.498. The molecular weight excluding hydrogens is 326 g/mol. The first-order valence-corrected chi connectivity index (χ1v) is 7.44. The fourth-order valence-corrected chi connectivity index (χ4v) is 1.98. The van der Waals surface area contributed by atoms with Crippen LogP contribution in [0.1, 0.15) is 5.56 Å². The van der Waals surface area contributed by atoms with Gasteiger partial charge in [0, 0.05) is 12.1 Å². The Bertz CT molecular complexity index is 740. The third-order valence-electron chi connectivity index (χ3n) is 3.21. The van der Waals surface area contributed by atoms with Crippen molar-refractivity contribution in [2.75, 3.05) is 20.3 Å². The molecule has 0 bridgehead atoms. The fourth-order valence-electron chi connectivity index (χ4n) is 1.98. The molecule has 25 heavy (non-hydrogen) atoms. The molecule has 0 aliphatic rings. The Hall–Kier alpha value is -3.35. The Morgan fingerprint density at radius 3 is 2.36 bits per heavy atom. The van der Waals surface area contributed by atoms with E-state index >= 15 is 0 Å². The predicted molar refractivity (Wildman–Crippen MR) is 91.0 cm³/mol. The lowest BCUT2D eigenvalue weighted by Crippen LogP contribution is -2.07. The Morgan fingerprint density at radius 1 is 1.08 bits per heavy atom. The molecule has 7 nitrogen and oxygen atoms in total. The number of benzene rings is 2. The SMILES string of the molecule is COC(=O)/C(=C/OCCOc1ccc([N+](=O)[O-])cc1)c1ccccc1. The lowest BCUT2D eigenvalue weighted by Gasteiger charge is -2.08. The zero-order valence-electron chi connectivity index (χ0n) is 13.6. The van der Waals surface area contributed by atoms with E-state index in [2.05, 4.69) is 0 Å². The topological polar surface area (TPSA) is 87.9 Å². The largest absolute Gasteiger partial charge is 0.497 e. The van der Waals surface area contributed by atoms with Crippen molar-refractivity contribution in [3.63, 3.8) is 0 Å². The summed E-state index contributed by atoms with van der Waals surface area (Å²) in [5.41, 5.74) is 0.987. The molecule has 2 aromatic rings. The van der Waals surface area contributed by atoms with Gasteiger partial charge in [-0.15, -0.1) is 0 Å². The summed E-state index contributed by atoms with van der Waals surface area (Å²) in [6.45, 7) is 0.419. The van der Waals surface area contributed by atoms with E-state index in [9.17, 15) is 14.9 Å². The molecule has 2 rings (SSSR count). The molecule has 0 N–H and O–H groups in total. The van der Waals surface area contributed by atoms with Gasteiger partial charge in [0.15, 0.2) is 0 Å². The number of ether oxygens (including phenoxy) is 3. The second-order valence-corrected chi connectivity index (χ2v) is 4.86. The van der Waals surface area contributed by atoms with Gasteiger partial charge in [-0.3, -0.25) is 10.1 Å². The van der Waals surface area contributed by atoms with Crippen molar-refractivity contribution < 1.29 is 23.9 Å². The summed E-state index contributed by atoms with van der Waals surface area (Å²) in [4.78, 5) is 21.9. The third kappa shape index (κ3) is 5.35. The van der Waals surface area contributed by atoms with Gasteiger partial charge >= 0.3 is 5.97 Å². The predicted octanol–water partition coefficient (Wildman–Crippen LogP) is 3.20. The van der Waals surface area contributed by atoms with Crippen LogP contribution < -0.4 is 4.74 Å². The molecule has 0 aromatic heterocycles. The van der Waals surface area contributed by atoms with E-state index in [1.807, 2.05) is 18.2 Å². The molecule has 0 radical (unpaired) electrons. The minimum absolute atomic E-state index is 0.00267. The average Bonchev–Trinajstić information content (AvgIpc) is 2.65. The lowest BCUT2D eigenvalue weighted by atomic mass is 10.1. The number of hydrogen-bond acceptors (Lipinski definition) is 6. The van der Waals surface area contributed by atoms with E-state index in [4.69, 9.17) is 14.2 Å². The first-order valence-electron chi connectivity index (χ1n) is 7.44. The van der Waals surface area contributed by atoms with Gasteiger partial charge in [0.2, 0.25) is 0 Å². The Morgan fingerprint density at radius 2 is 1.76 bits per heavy atom. The Balaban J connectivity index is 1.87. The van der Waals surface area contributed by atoms with Crippen LogP contribution in [0.3, 0.4) is 0 Å². The van der Waals surface area contributed by atoms with Crippen LogP contribution in [0.15, 0.2) is 60.9 Å². The quantitative estimate of drug-likeness (QED) is 0.183. The number of hydrogen-bond donors (Lipinski definition) is 0. The van der Waals surface area contributed by atoms with Crippen LogP contribution in [0.25, 0.3) is 5.57 Å². The standard InChI is InChI=1S/C18H17NO6/c1-23-18(20)17(14-5-3-2-4-6-14)13-24-11-12-25-16-9-7-15(8-10-16)19(21)22/h2-10,13H,11-12H2,1H3/b17-13+. The second kappa shape index (κ2) is 9.07. The van der Waals surface area contributed by atoms with Crippen LogP contribution in [-0.2, 0) is 14.3 Å². The van der Waals surface area contributed by atoms with E-state index < -0.39 is 10.9 Å². The highest BCUT2D eigenvalue weighted by molar-refractivity contribution is 6.16. The maximum absolute atomic E-state index is 11.8. The van der Waals surface area contributed by atoms with Crippen molar-refractivity contribution in [1.29, 1.82) is 0 Å². The van der Waals surface area contributed by atoms with Gasteiger partial charge in [-0.25, -0.2) is 4.79 Å². The zero-order valence-corrected chi connectivity index (χ0v) is 13.6. The molecule has 130 valence electrons. The summed E-state index contributed by atoms with van der Waals surface area (Å²) in [6.07, 6.45) is 1.33. The molecule has 0 aliphatic carbocycles. The average molecular weight is 343 g/mol. The molecule has 2 aromatic carbocycles. The van der Waals surface area contributed by atoms with Gasteiger partial charge in [0.05, 0.1) is 18.3 Å². The number of nitro benzene ring substituents is 1. The molecule has 0 saturated heterocycles. The van der Waals surface area contributed by atoms with E-state index in [0.717, 1.165) is 0 Å². The number of nitrogens with zero attached hydrogens (tertiary/aromatic N) is 1. The van der Waals surface area contributed by atoms with Crippen LogP contribution in [0.5, 0.6) is 5.75 Å². The van der Waals surface area contributed by atoms with Gasteiger partial charge in [0.25, 0.3) is 5.69 Å². The van der Waals surface area contributed by atoms with Crippen molar-refractivity contribution in [1.82, 2.24) is 0 Å². The van der Waals surface area contributed by atoms with Gasteiger partial charge in [-0.2, -0.15) is 0 Å². The molecule has 0 unspecified atom stereocenters. The molecule has 0 amide bonds. The van der Waals surface area contributed by atoms with Gasteiger partial charge < -0.3 is 14.2 Å². The van der Waals surface area contributed by atoms with Crippen LogP contribution in [0.4, 0.5) is 5.69 Å². The molecule has 0 spiro atoms. The lowest BCUT2D eigenvalue weighted by molar-refractivity contribution is -0.384. The van der Waals surface area contributed by atoms with E-state index in [0.29, 0.717) is 16.9 Å². The highest BCUT2D eigenvalue weighted by atomic mass is 16.6. The van der Waals surface area contributed by atoms with Crippen LogP contribution in [0, 0.1) is 10.1 Å². The van der Waals surface area contributed by atoms with Crippen molar-refractivity contribution in [2.24, 2.45) is 0 Å².